The number of nitrogens with one attached hydrogen (secondary N) is 1. The normalized spacial score (nSPS) is 17.7. The fourth-order valence-corrected chi connectivity index (χ4v) is 4.81. The van der Waals surface area contributed by atoms with E-state index >= 15 is 0 Å². The van der Waals surface area contributed by atoms with Crippen LogP contribution in [-0.4, -0.2) is 53.2 Å². The van der Waals surface area contributed by atoms with Crippen LogP contribution in [0.1, 0.15) is 42.7 Å². The Morgan fingerprint density at radius 2 is 1.76 bits per heavy atom. The molecule has 172 valence electrons. The van der Waals surface area contributed by atoms with Crippen molar-refractivity contribution in [3.05, 3.63) is 72.3 Å². The summed E-state index contributed by atoms with van der Waals surface area (Å²) in [5.41, 5.74) is 4.48. The third-order valence-corrected chi connectivity index (χ3v) is 6.41. The summed E-state index contributed by atoms with van der Waals surface area (Å²) in [5.74, 6) is -1.50. The number of carboxylic acid groups (broad SMARTS) is 1. The van der Waals surface area contributed by atoms with Crippen LogP contribution in [0.3, 0.4) is 0 Å². The molecule has 2 aromatic carbocycles. The molecule has 7 nitrogen and oxygen atoms in total. The van der Waals surface area contributed by atoms with Gasteiger partial charge in [-0.25, -0.2) is 9.59 Å². The Hall–Kier alpha value is -3.61. The highest BCUT2D eigenvalue weighted by molar-refractivity contribution is 5.89. The zero-order chi connectivity index (χ0) is 23.4. The van der Waals surface area contributed by atoms with Crippen LogP contribution in [0.2, 0.25) is 0 Å². The quantitative estimate of drug-likeness (QED) is 0.597. The molecule has 1 unspecified atom stereocenters. The van der Waals surface area contributed by atoms with Crippen molar-refractivity contribution in [2.45, 2.75) is 43.7 Å². The number of aliphatic carboxylic acids is 1. The molecule has 0 aromatic heterocycles. The van der Waals surface area contributed by atoms with Gasteiger partial charge in [0.1, 0.15) is 18.7 Å². The molecular weight excluding hydrogens is 420 g/mol. The van der Waals surface area contributed by atoms with Gasteiger partial charge >= 0.3 is 12.1 Å². The van der Waals surface area contributed by atoms with Crippen LogP contribution < -0.4 is 5.32 Å². The SMILES string of the molecule is C=CCCC(NC(=O)OCC1c2ccccc2-c2ccccc21)C(=O)N1CCC[C@H]1C(=O)O. The van der Waals surface area contributed by atoms with Crippen molar-refractivity contribution < 1.29 is 24.2 Å². The summed E-state index contributed by atoms with van der Waals surface area (Å²) in [7, 11) is 0. The Balaban J connectivity index is 1.44. The first-order valence-corrected chi connectivity index (χ1v) is 11.3. The number of benzene rings is 2. The number of nitrogens with zero attached hydrogens (tertiary/aromatic N) is 1. The van der Waals surface area contributed by atoms with Crippen molar-refractivity contribution in [1.82, 2.24) is 10.2 Å². The van der Waals surface area contributed by atoms with E-state index < -0.39 is 30.1 Å². The second-order valence-electron chi connectivity index (χ2n) is 8.42. The highest BCUT2D eigenvalue weighted by atomic mass is 16.5. The van der Waals surface area contributed by atoms with Gasteiger partial charge in [-0.3, -0.25) is 4.79 Å². The van der Waals surface area contributed by atoms with E-state index in [9.17, 15) is 19.5 Å². The van der Waals surface area contributed by atoms with Gasteiger partial charge in [0.05, 0.1) is 0 Å². The Kier molecular flexibility index (Phi) is 6.77. The van der Waals surface area contributed by atoms with Gasteiger partial charge in [0.25, 0.3) is 0 Å². The maximum absolute atomic E-state index is 13.0. The zero-order valence-corrected chi connectivity index (χ0v) is 18.4. The third kappa shape index (κ3) is 4.62. The molecule has 1 heterocycles. The second-order valence-corrected chi connectivity index (χ2v) is 8.42. The molecular formula is C26H28N2O5. The number of fused-ring (bicyclic) bond motifs is 3. The number of carbonyl (C=O) groups excluding carboxylic acids is 2. The fraction of sp³-hybridized carbons (Fsp3) is 0.346. The number of ether oxygens (including phenoxy) is 1. The number of hydrogen-bond acceptors (Lipinski definition) is 4. The number of hydrogen-bond donors (Lipinski definition) is 2. The van der Waals surface area contributed by atoms with E-state index in [1.54, 1.807) is 6.08 Å². The predicted octanol–water partition coefficient (Wildman–Crippen LogP) is 3.94. The van der Waals surface area contributed by atoms with E-state index in [2.05, 4.69) is 24.0 Å². The summed E-state index contributed by atoms with van der Waals surface area (Å²) in [6.45, 7) is 4.19. The van der Waals surface area contributed by atoms with Crippen molar-refractivity contribution in [2.75, 3.05) is 13.2 Å². The Morgan fingerprint density at radius 1 is 1.12 bits per heavy atom. The first-order chi connectivity index (χ1) is 16.0. The standard InChI is InChI=1S/C26H28N2O5/c1-2-3-13-22(24(29)28-15-8-14-23(28)25(30)31)27-26(32)33-16-21-19-11-6-4-9-17(19)18-10-5-7-12-20(18)21/h2,4-7,9-12,21-23H,1,3,8,13-16H2,(H,27,32)(H,30,31)/t22?,23-/m0/s1. The van der Waals surface area contributed by atoms with Crippen LogP contribution in [0, 0.1) is 0 Å². The molecule has 33 heavy (non-hydrogen) atoms. The van der Waals surface area contributed by atoms with Crippen LogP contribution in [0.4, 0.5) is 4.79 Å². The molecule has 2 aliphatic rings. The minimum atomic E-state index is -1.02. The smallest absolute Gasteiger partial charge is 0.407 e. The Morgan fingerprint density at radius 3 is 2.36 bits per heavy atom. The average Bonchev–Trinajstić information content (AvgIpc) is 3.43. The van der Waals surface area contributed by atoms with Gasteiger partial charge in [-0.2, -0.15) is 0 Å². The molecule has 7 heteroatoms. The lowest BCUT2D eigenvalue weighted by Gasteiger charge is -2.27. The molecule has 0 spiro atoms. The maximum atomic E-state index is 13.0. The van der Waals surface area contributed by atoms with Crippen molar-refractivity contribution in [2.24, 2.45) is 0 Å². The molecule has 1 fully saturated rings. The largest absolute Gasteiger partial charge is 0.480 e. The summed E-state index contributed by atoms with van der Waals surface area (Å²) in [4.78, 5) is 38.6. The molecule has 2 aromatic rings. The Bertz CT molecular complexity index is 1020. The number of allylic oxidation sites excluding steroid dienone is 1. The van der Waals surface area contributed by atoms with Gasteiger partial charge in [0, 0.05) is 12.5 Å². The third-order valence-electron chi connectivity index (χ3n) is 6.41. The summed E-state index contributed by atoms with van der Waals surface area (Å²) in [6, 6.07) is 14.4. The molecule has 0 bridgehead atoms. The summed E-state index contributed by atoms with van der Waals surface area (Å²) in [5, 5.41) is 12.1. The lowest BCUT2D eigenvalue weighted by atomic mass is 9.98. The van der Waals surface area contributed by atoms with Gasteiger partial charge < -0.3 is 20.1 Å². The van der Waals surface area contributed by atoms with Crippen LogP contribution >= 0.6 is 0 Å². The molecule has 2 N–H and O–H groups in total. The van der Waals surface area contributed by atoms with Crippen molar-refractivity contribution in [1.29, 1.82) is 0 Å². The molecule has 2 atom stereocenters. The van der Waals surface area contributed by atoms with Gasteiger partial charge in [0.2, 0.25) is 5.91 Å². The van der Waals surface area contributed by atoms with Crippen LogP contribution in [0.15, 0.2) is 61.2 Å². The number of carbonyl (C=O) groups is 3. The van der Waals surface area contributed by atoms with E-state index in [0.29, 0.717) is 32.2 Å². The lowest BCUT2D eigenvalue weighted by Crippen LogP contribution is -2.51. The van der Waals surface area contributed by atoms with E-state index in [1.807, 2.05) is 36.4 Å². The van der Waals surface area contributed by atoms with Crippen LogP contribution in [0.25, 0.3) is 11.1 Å². The van der Waals surface area contributed by atoms with Crippen molar-refractivity contribution in [3.63, 3.8) is 0 Å². The highest BCUT2D eigenvalue weighted by Gasteiger charge is 2.37. The molecule has 0 saturated carbocycles. The van der Waals surface area contributed by atoms with E-state index in [4.69, 9.17) is 4.74 Å². The van der Waals surface area contributed by atoms with Gasteiger partial charge in [-0.1, -0.05) is 54.6 Å². The first-order valence-electron chi connectivity index (χ1n) is 11.3. The number of likely N-dealkylation sites (tertiary alicyclic amines) is 1. The second kappa shape index (κ2) is 9.90. The maximum Gasteiger partial charge on any atom is 0.407 e. The van der Waals surface area contributed by atoms with Crippen molar-refractivity contribution in [3.8, 4) is 11.1 Å². The highest BCUT2D eigenvalue weighted by Crippen LogP contribution is 2.44. The Labute approximate surface area is 193 Å². The molecule has 1 aliphatic carbocycles. The first kappa shape index (κ1) is 22.6. The molecule has 2 amide bonds. The summed E-state index contributed by atoms with van der Waals surface area (Å²) in [6.07, 6.45) is 2.85. The van der Waals surface area contributed by atoms with Gasteiger partial charge in [-0.05, 0) is 47.9 Å². The predicted molar refractivity (Wildman–Crippen MR) is 124 cm³/mol. The lowest BCUT2D eigenvalue weighted by molar-refractivity contribution is -0.149. The summed E-state index contributed by atoms with van der Waals surface area (Å²) >= 11 is 0. The molecule has 0 radical (unpaired) electrons. The monoisotopic (exact) mass is 448 g/mol. The van der Waals surface area contributed by atoms with E-state index in [0.717, 1.165) is 22.3 Å². The average molecular weight is 449 g/mol. The fourth-order valence-electron chi connectivity index (χ4n) is 4.81. The van der Waals surface area contributed by atoms with E-state index in [-0.39, 0.29) is 12.5 Å². The number of amides is 2. The molecule has 4 rings (SSSR count). The van der Waals surface area contributed by atoms with Gasteiger partial charge in [0.15, 0.2) is 0 Å². The number of carboxylic acids is 1. The minimum absolute atomic E-state index is 0.0829. The number of alkyl carbamates (subject to hydrolysis) is 1. The number of rotatable bonds is 8. The molecule has 1 saturated heterocycles. The molecule has 1 aliphatic heterocycles. The van der Waals surface area contributed by atoms with Crippen LogP contribution in [0.5, 0.6) is 0 Å². The van der Waals surface area contributed by atoms with Gasteiger partial charge in [-0.15, -0.1) is 6.58 Å². The minimum Gasteiger partial charge on any atom is -0.480 e. The van der Waals surface area contributed by atoms with Crippen molar-refractivity contribution >= 4 is 18.0 Å². The zero-order valence-electron chi connectivity index (χ0n) is 18.4. The van der Waals surface area contributed by atoms with E-state index in [1.165, 1.54) is 4.90 Å². The summed E-state index contributed by atoms with van der Waals surface area (Å²) < 4.78 is 5.57. The van der Waals surface area contributed by atoms with Crippen LogP contribution in [-0.2, 0) is 14.3 Å². The topological polar surface area (TPSA) is 95.9 Å².